The lowest BCUT2D eigenvalue weighted by atomic mass is 10.2. The van der Waals surface area contributed by atoms with E-state index in [1.54, 1.807) is 16.7 Å². The lowest BCUT2D eigenvalue weighted by Crippen LogP contribution is -2.25. The largest absolute Gasteiger partial charge is 0.337 e. The average Bonchev–Trinajstić information content (AvgIpc) is 3.38. The molecule has 0 aliphatic rings. The molecule has 5 rings (SSSR count). The summed E-state index contributed by atoms with van der Waals surface area (Å²) in [6, 6.07) is 11.6. The number of nitrogens with one attached hydrogen (secondary N) is 1. The zero-order valence-electron chi connectivity index (χ0n) is 18.6. The van der Waals surface area contributed by atoms with Crippen molar-refractivity contribution in [1.82, 2.24) is 24.3 Å². The standard InChI is InChI=1S/C24H21FN6O3/c1-3-19-28-21(34-29-19)12-30-13-26-22-17-10-15(25)7-8-18(17)31(23(22)24(30)33)11-20(32)27-16-6-4-5-14(2)9-16/h4-10,13H,3,11-12H2,1-2H3,(H,27,32). The molecule has 3 aromatic heterocycles. The van der Waals surface area contributed by atoms with Gasteiger partial charge in [0.25, 0.3) is 5.56 Å². The second-order valence-electron chi connectivity index (χ2n) is 8.00. The van der Waals surface area contributed by atoms with Crippen molar-refractivity contribution in [1.29, 1.82) is 0 Å². The Morgan fingerprint density at radius 1 is 1.21 bits per heavy atom. The molecule has 0 saturated heterocycles. The molecule has 2 aromatic carbocycles. The van der Waals surface area contributed by atoms with E-state index in [1.807, 2.05) is 32.0 Å². The van der Waals surface area contributed by atoms with E-state index >= 15 is 0 Å². The molecule has 3 heterocycles. The van der Waals surface area contributed by atoms with E-state index in [4.69, 9.17) is 4.52 Å². The van der Waals surface area contributed by atoms with Gasteiger partial charge in [-0.25, -0.2) is 9.37 Å². The normalized spacial score (nSPS) is 11.4. The van der Waals surface area contributed by atoms with Crippen molar-refractivity contribution in [2.75, 3.05) is 5.32 Å². The molecule has 0 fully saturated rings. The molecule has 0 bridgehead atoms. The molecular weight excluding hydrogens is 439 g/mol. The van der Waals surface area contributed by atoms with Crippen LogP contribution in [0.5, 0.6) is 0 Å². The zero-order chi connectivity index (χ0) is 23.8. The Kier molecular flexibility index (Phi) is 5.40. The first-order chi connectivity index (χ1) is 16.4. The summed E-state index contributed by atoms with van der Waals surface area (Å²) in [6.45, 7) is 3.70. The highest BCUT2D eigenvalue weighted by atomic mass is 19.1. The van der Waals surface area contributed by atoms with Crippen LogP contribution >= 0.6 is 0 Å². The number of carbonyl (C=O) groups is 1. The van der Waals surface area contributed by atoms with E-state index in [0.717, 1.165) is 5.56 Å². The maximum absolute atomic E-state index is 14.0. The van der Waals surface area contributed by atoms with Crippen LogP contribution in [0.15, 0.2) is 58.1 Å². The summed E-state index contributed by atoms with van der Waals surface area (Å²) >= 11 is 0. The van der Waals surface area contributed by atoms with Crippen LogP contribution in [0.1, 0.15) is 24.2 Å². The topological polar surface area (TPSA) is 108 Å². The summed E-state index contributed by atoms with van der Waals surface area (Å²) in [5.41, 5.74) is 2.29. The number of anilines is 1. The third-order valence-electron chi connectivity index (χ3n) is 5.52. The molecule has 0 atom stereocenters. The number of benzene rings is 2. The molecule has 10 heteroatoms. The summed E-state index contributed by atoms with van der Waals surface area (Å²) in [6.07, 6.45) is 1.97. The van der Waals surface area contributed by atoms with Crippen molar-refractivity contribution >= 4 is 33.5 Å². The molecule has 5 aromatic rings. The number of hydrogen-bond donors (Lipinski definition) is 1. The number of aromatic nitrogens is 5. The fourth-order valence-corrected chi connectivity index (χ4v) is 3.96. The summed E-state index contributed by atoms with van der Waals surface area (Å²) < 4.78 is 22.1. The van der Waals surface area contributed by atoms with E-state index in [0.29, 0.717) is 34.4 Å². The van der Waals surface area contributed by atoms with Gasteiger partial charge < -0.3 is 14.4 Å². The summed E-state index contributed by atoms with van der Waals surface area (Å²) in [7, 11) is 0. The van der Waals surface area contributed by atoms with Crippen LogP contribution < -0.4 is 10.9 Å². The first-order valence-corrected chi connectivity index (χ1v) is 10.8. The highest BCUT2D eigenvalue weighted by Crippen LogP contribution is 2.26. The van der Waals surface area contributed by atoms with Crippen molar-refractivity contribution in [3.8, 4) is 0 Å². The number of amides is 1. The van der Waals surface area contributed by atoms with Crippen molar-refractivity contribution in [2.45, 2.75) is 33.4 Å². The Hall–Kier alpha value is -4.34. The molecule has 0 spiro atoms. The summed E-state index contributed by atoms with van der Waals surface area (Å²) in [5, 5.41) is 7.15. The van der Waals surface area contributed by atoms with Crippen molar-refractivity contribution < 1.29 is 13.7 Å². The maximum atomic E-state index is 14.0. The minimum Gasteiger partial charge on any atom is -0.337 e. The number of carbonyl (C=O) groups excluding carboxylic acids is 1. The van der Waals surface area contributed by atoms with Gasteiger partial charge in [-0.15, -0.1) is 0 Å². The second kappa shape index (κ2) is 8.54. The summed E-state index contributed by atoms with van der Waals surface area (Å²) in [4.78, 5) is 35.0. The van der Waals surface area contributed by atoms with Crippen molar-refractivity contribution in [2.24, 2.45) is 0 Å². The Morgan fingerprint density at radius 3 is 2.82 bits per heavy atom. The van der Waals surface area contributed by atoms with Crippen LogP contribution in [0.4, 0.5) is 10.1 Å². The highest BCUT2D eigenvalue weighted by molar-refractivity contribution is 6.06. The zero-order valence-corrected chi connectivity index (χ0v) is 18.6. The maximum Gasteiger partial charge on any atom is 0.278 e. The fourth-order valence-electron chi connectivity index (χ4n) is 3.96. The number of hydrogen-bond acceptors (Lipinski definition) is 6. The first kappa shape index (κ1) is 21.5. The highest BCUT2D eigenvalue weighted by Gasteiger charge is 2.20. The lowest BCUT2D eigenvalue weighted by molar-refractivity contribution is -0.116. The Balaban J connectivity index is 1.59. The molecule has 1 amide bonds. The van der Waals surface area contributed by atoms with Crippen molar-refractivity contribution in [3.05, 3.63) is 82.2 Å². The van der Waals surface area contributed by atoms with Gasteiger partial charge in [-0.1, -0.05) is 24.2 Å². The van der Waals surface area contributed by atoms with Gasteiger partial charge in [0.15, 0.2) is 5.82 Å². The van der Waals surface area contributed by atoms with Crippen LogP contribution in [0.2, 0.25) is 0 Å². The molecule has 9 nitrogen and oxygen atoms in total. The minimum absolute atomic E-state index is 0.0279. The van der Waals surface area contributed by atoms with Gasteiger partial charge in [0.1, 0.15) is 29.9 Å². The van der Waals surface area contributed by atoms with Gasteiger partial charge >= 0.3 is 0 Å². The molecule has 0 aliphatic carbocycles. The second-order valence-corrected chi connectivity index (χ2v) is 8.00. The van der Waals surface area contributed by atoms with E-state index in [-0.39, 0.29) is 30.4 Å². The SMILES string of the molecule is CCc1noc(Cn2cnc3c4cc(F)ccc4n(CC(=O)Nc4cccc(C)c4)c3c2=O)n1. The molecular formula is C24H21FN6O3. The Morgan fingerprint density at radius 2 is 2.06 bits per heavy atom. The fraction of sp³-hybridized carbons (Fsp3) is 0.208. The van der Waals surface area contributed by atoms with Crippen LogP contribution in [0, 0.1) is 12.7 Å². The van der Waals surface area contributed by atoms with Gasteiger partial charge in [0, 0.05) is 17.5 Å². The molecule has 1 N–H and O–H groups in total. The lowest BCUT2D eigenvalue weighted by Gasteiger charge is -2.10. The Bertz CT molecular complexity index is 1600. The van der Waals surface area contributed by atoms with Gasteiger partial charge in [-0.2, -0.15) is 4.98 Å². The average molecular weight is 460 g/mol. The number of halogens is 1. The first-order valence-electron chi connectivity index (χ1n) is 10.8. The van der Waals surface area contributed by atoms with Crippen LogP contribution in [0.25, 0.3) is 21.9 Å². The van der Waals surface area contributed by atoms with Crippen LogP contribution in [-0.4, -0.2) is 30.2 Å². The number of rotatable bonds is 6. The van der Waals surface area contributed by atoms with Crippen LogP contribution in [-0.2, 0) is 24.3 Å². The quantitative estimate of drug-likeness (QED) is 0.416. The van der Waals surface area contributed by atoms with E-state index in [9.17, 15) is 14.0 Å². The van der Waals surface area contributed by atoms with Gasteiger partial charge in [-0.05, 0) is 42.8 Å². The van der Waals surface area contributed by atoms with E-state index in [2.05, 4.69) is 20.4 Å². The minimum atomic E-state index is -0.459. The van der Waals surface area contributed by atoms with Gasteiger partial charge in [0.2, 0.25) is 11.8 Å². The predicted molar refractivity (Wildman–Crippen MR) is 124 cm³/mol. The molecule has 172 valence electrons. The van der Waals surface area contributed by atoms with Crippen LogP contribution in [0.3, 0.4) is 0 Å². The number of nitrogens with zero attached hydrogens (tertiary/aromatic N) is 5. The monoisotopic (exact) mass is 460 g/mol. The third-order valence-corrected chi connectivity index (χ3v) is 5.52. The molecule has 0 aliphatic heterocycles. The molecule has 34 heavy (non-hydrogen) atoms. The number of fused-ring (bicyclic) bond motifs is 3. The van der Waals surface area contributed by atoms with E-state index < -0.39 is 11.4 Å². The molecule has 0 unspecified atom stereocenters. The summed E-state index contributed by atoms with van der Waals surface area (Å²) in [5.74, 6) is 0.0215. The Labute approximate surface area is 192 Å². The molecule has 0 saturated carbocycles. The van der Waals surface area contributed by atoms with Gasteiger partial charge in [-0.3, -0.25) is 14.2 Å². The van der Waals surface area contributed by atoms with Gasteiger partial charge in [0.05, 0.1) is 11.8 Å². The molecule has 0 radical (unpaired) electrons. The smallest absolute Gasteiger partial charge is 0.278 e. The van der Waals surface area contributed by atoms with Crippen molar-refractivity contribution in [3.63, 3.8) is 0 Å². The van der Waals surface area contributed by atoms with E-state index in [1.165, 1.54) is 23.0 Å². The number of aryl methyl sites for hydroxylation is 2. The third kappa shape index (κ3) is 3.94. The predicted octanol–water partition coefficient (Wildman–Crippen LogP) is 3.43.